The van der Waals surface area contributed by atoms with Crippen LogP contribution in [-0.4, -0.2) is 11.1 Å². The third-order valence-corrected chi connectivity index (χ3v) is 5.52. The summed E-state index contributed by atoms with van der Waals surface area (Å²) in [6, 6.07) is 13.7. The summed E-state index contributed by atoms with van der Waals surface area (Å²) < 4.78 is 1.07. The fourth-order valence-corrected chi connectivity index (χ4v) is 4.24. The molecular formula is C19H16BrNO2. The van der Waals surface area contributed by atoms with Crippen LogP contribution in [0.25, 0.3) is 0 Å². The van der Waals surface area contributed by atoms with Crippen molar-refractivity contribution in [1.29, 1.82) is 0 Å². The number of carboxylic acid groups (broad SMARTS) is 1. The molecule has 1 aliphatic heterocycles. The zero-order valence-corrected chi connectivity index (χ0v) is 14.0. The maximum Gasteiger partial charge on any atom is 0.335 e. The molecule has 0 aromatic heterocycles. The molecule has 4 heteroatoms. The highest BCUT2D eigenvalue weighted by Crippen LogP contribution is 2.51. The van der Waals surface area contributed by atoms with Crippen LogP contribution in [0.15, 0.2) is 59.1 Å². The first-order valence-electron chi connectivity index (χ1n) is 7.70. The molecule has 116 valence electrons. The van der Waals surface area contributed by atoms with E-state index in [9.17, 15) is 4.79 Å². The summed E-state index contributed by atoms with van der Waals surface area (Å²) in [5.41, 5.74) is 3.94. The van der Waals surface area contributed by atoms with Crippen molar-refractivity contribution in [3.8, 4) is 0 Å². The van der Waals surface area contributed by atoms with Gasteiger partial charge in [0.1, 0.15) is 0 Å². The topological polar surface area (TPSA) is 49.3 Å². The van der Waals surface area contributed by atoms with Gasteiger partial charge in [-0.25, -0.2) is 4.79 Å². The van der Waals surface area contributed by atoms with Gasteiger partial charge in [-0.1, -0.05) is 36.4 Å². The number of nitrogens with one attached hydrogen (secondary N) is 1. The van der Waals surface area contributed by atoms with Crippen LogP contribution in [0.5, 0.6) is 0 Å². The van der Waals surface area contributed by atoms with Gasteiger partial charge in [-0.15, -0.1) is 0 Å². The van der Waals surface area contributed by atoms with E-state index in [4.69, 9.17) is 5.11 Å². The van der Waals surface area contributed by atoms with E-state index in [0.29, 0.717) is 17.4 Å². The summed E-state index contributed by atoms with van der Waals surface area (Å²) in [7, 11) is 0. The van der Waals surface area contributed by atoms with Gasteiger partial charge in [0.05, 0.1) is 17.3 Å². The Hall–Kier alpha value is -2.07. The number of rotatable bonds is 2. The Balaban J connectivity index is 1.75. The molecule has 0 spiro atoms. The maximum absolute atomic E-state index is 11.0. The lowest BCUT2D eigenvalue weighted by Gasteiger charge is -2.38. The highest BCUT2D eigenvalue weighted by molar-refractivity contribution is 9.10. The first kappa shape index (κ1) is 14.5. The van der Waals surface area contributed by atoms with Crippen molar-refractivity contribution < 1.29 is 9.90 Å². The van der Waals surface area contributed by atoms with Crippen LogP contribution in [0.1, 0.15) is 39.9 Å². The Morgan fingerprint density at radius 1 is 1.17 bits per heavy atom. The molecule has 3 nitrogen and oxygen atoms in total. The minimum atomic E-state index is -0.887. The Bertz CT molecular complexity index is 798. The second-order valence-corrected chi connectivity index (χ2v) is 6.96. The summed E-state index contributed by atoms with van der Waals surface area (Å²) in [5.74, 6) is -0.0120. The van der Waals surface area contributed by atoms with Gasteiger partial charge < -0.3 is 10.4 Å². The number of allylic oxidation sites excluding steroid dienone is 2. The molecule has 2 aromatic rings. The van der Waals surface area contributed by atoms with Gasteiger partial charge in [0.2, 0.25) is 0 Å². The molecule has 4 rings (SSSR count). The average molecular weight is 370 g/mol. The van der Waals surface area contributed by atoms with Crippen LogP contribution in [-0.2, 0) is 0 Å². The van der Waals surface area contributed by atoms with Crippen molar-refractivity contribution in [2.45, 2.75) is 18.4 Å². The smallest absolute Gasteiger partial charge is 0.335 e. The number of fused-ring (bicyclic) bond motifs is 3. The number of aromatic carboxylic acids is 1. The molecule has 2 N–H and O–H groups in total. The normalized spacial score (nSPS) is 24.7. The number of halogens is 1. The number of carbonyl (C=O) groups is 1. The average Bonchev–Trinajstić information content (AvgIpc) is 3.04. The molecule has 0 bridgehead atoms. The van der Waals surface area contributed by atoms with Gasteiger partial charge in [-0.2, -0.15) is 0 Å². The van der Waals surface area contributed by atoms with Crippen LogP contribution in [0.3, 0.4) is 0 Å². The van der Waals surface area contributed by atoms with Gasteiger partial charge in [-0.05, 0) is 57.6 Å². The van der Waals surface area contributed by atoms with Gasteiger partial charge in [0.25, 0.3) is 0 Å². The highest BCUT2D eigenvalue weighted by Gasteiger charge is 2.38. The maximum atomic E-state index is 11.0. The Kier molecular flexibility index (Phi) is 3.49. The molecule has 3 atom stereocenters. The number of hydrogen-bond donors (Lipinski definition) is 2. The predicted octanol–water partition coefficient (Wildman–Crippen LogP) is 4.97. The zero-order chi connectivity index (χ0) is 16.0. The Morgan fingerprint density at radius 3 is 2.70 bits per heavy atom. The minimum Gasteiger partial charge on any atom is -0.478 e. The van der Waals surface area contributed by atoms with Crippen LogP contribution in [0.2, 0.25) is 0 Å². The van der Waals surface area contributed by atoms with E-state index < -0.39 is 5.97 Å². The van der Waals surface area contributed by atoms with E-state index in [2.05, 4.69) is 51.6 Å². The fraction of sp³-hybridized carbons (Fsp3) is 0.211. The molecule has 1 heterocycles. The van der Waals surface area contributed by atoms with E-state index in [0.717, 1.165) is 22.1 Å². The third kappa shape index (κ3) is 2.38. The molecular weight excluding hydrogens is 354 g/mol. The fourth-order valence-electron chi connectivity index (χ4n) is 3.75. The quantitative estimate of drug-likeness (QED) is 0.734. The highest BCUT2D eigenvalue weighted by atomic mass is 79.9. The largest absolute Gasteiger partial charge is 0.478 e. The number of hydrogen-bond acceptors (Lipinski definition) is 2. The molecule has 0 unspecified atom stereocenters. The van der Waals surface area contributed by atoms with Crippen molar-refractivity contribution in [2.24, 2.45) is 5.92 Å². The predicted molar refractivity (Wildman–Crippen MR) is 93.9 cm³/mol. The minimum absolute atomic E-state index is 0.184. The lowest BCUT2D eigenvalue weighted by Crippen LogP contribution is -2.29. The standard InChI is InChI=1S/C19H16BrNO2/c20-16-6-2-5-15-13-3-1-4-14(13)17(21-18(15)16)11-7-9-12(10-8-11)19(22)23/h1-3,5-10,13-14,17,21H,4H2,(H,22,23)/t13-,14+,17-/m1/s1. The van der Waals surface area contributed by atoms with Crippen molar-refractivity contribution in [1.82, 2.24) is 0 Å². The van der Waals surface area contributed by atoms with Crippen LogP contribution in [0.4, 0.5) is 5.69 Å². The van der Waals surface area contributed by atoms with Crippen LogP contribution in [0, 0.1) is 5.92 Å². The third-order valence-electron chi connectivity index (χ3n) is 4.86. The summed E-state index contributed by atoms with van der Waals surface area (Å²) >= 11 is 3.65. The molecule has 2 aliphatic rings. The molecule has 0 saturated carbocycles. The van der Waals surface area contributed by atoms with Gasteiger partial charge in [0, 0.05) is 10.4 Å². The first-order chi connectivity index (χ1) is 11.1. The van der Waals surface area contributed by atoms with Crippen molar-refractivity contribution in [3.63, 3.8) is 0 Å². The van der Waals surface area contributed by atoms with Gasteiger partial charge in [0.15, 0.2) is 0 Å². The lowest BCUT2D eigenvalue weighted by molar-refractivity contribution is 0.0697. The van der Waals surface area contributed by atoms with E-state index in [1.54, 1.807) is 12.1 Å². The molecule has 23 heavy (non-hydrogen) atoms. The number of anilines is 1. The van der Waals surface area contributed by atoms with Crippen LogP contribution < -0.4 is 5.32 Å². The Morgan fingerprint density at radius 2 is 1.96 bits per heavy atom. The molecule has 0 fully saturated rings. The van der Waals surface area contributed by atoms with E-state index in [-0.39, 0.29) is 6.04 Å². The van der Waals surface area contributed by atoms with Crippen molar-refractivity contribution >= 4 is 27.6 Å². The number of para-hydroxylation sites is 1. The van der Waals surface area contributed by atoms with Gasteiger partial charge >= 0.3 is 5.97 Å². The molecule has 0 radical (unpaired) electrons. The number of benzene rings is 2. The molecule has 2 aromatic carbocycles. The van der Waals surface area contributed by atoms with Crippen molar-refractivity contribution in [3.05, 3.63) is 75.8 Å². The Labute approximate surface area is 143 Å². The van der Waals surface area contributed by atoms with Crippen LogP contribution >= 0.6 is 15.9 Å². The van der Waals surface area contributed by atoms with E-state index in [1.165, 1.54) is 5.56 Å². The monoisotopic (exact) mass is 369 g/mol. The van der Waals surface area contributed by atoms with E-state index >= 15 is 0 Å². The molecule has 0 amide bonds. The molecule has 0 saturated heterocycles. The lowest BCUT2D eigenvalue weighted by atomic mass is 9.77. The second kappa shape index (κ2) is 5.53. The second-order valence-electron chi connectivity index (χ2n) is 6.11. The molecule has 1 aliphatic carbocycles. The zero-order valence-electron chi connectivity index (χ0n) is 12.4. The van der Waals surface area contributed by atoms with E-state index in [1.807, 2.05) is 12.1 Å². The summed E-state index contributed by atoms with van der Waals surface area (Å²) in [6.45, 7) is 0. The van der Waals surface area contributed by atoms with Crippen molar-refractivity contribution in [2.75, 3.05) is 5.32 Å². The summed E-state index contributed by atoms with van der Waals surface area (Å²) in [5, 5.41) is 12.7. The summed E-state index contributed by atoms with van der Waals surface area (Å²) in [6.07, 6.45) is 5.59. The first-order valence-corrected chi connectivity index (χ1v) is 8.49. The summed E-state index contributed by atoms with van der Waals surface area (Å²) in [4.78, 5) is 11.0. The van der Waals surface area contributed by atoms with Gasteiger partial charge in [-0.3, -0.25) is 0 Å². The SMILES string of the molecule is O=C(O)c1ccc([C@H]2Nc3c(Br)cccc3[C@@H]3C=CC[C@H]23)cc1. The number of carboxylic acids is 1.